The van der Waals surface area contributed by atoms with Gasteiger partial charge in [0.25, 0.3) is 0 Å². The predicted octanol–water partition coefficient (Wildman–Crippen LogP) is 0.667. The zero-order valence-corrected chi connectivity index (χ0v) is 11.4. The van der Waals surface area contributed by atoms with Crippen molar-refractivity contribution >= 4 is 17.7 Å². The molecule has 0 aromatic carbocycles. The molecule has 0 aliphatic rings. The van der Waals surface area contributed by atoms with Crippen molar-refractivity contribution in [1.29, 1.82) is 0 Å². The summed E-state index contributed by atoms with van der Waals surface area (Å²) in [5, 5.41) is 14.5. The molecule has 1 aromatic heterocycles. The van der Waals surface area contributed by atoms with Crippen LogP contribution in [0.4, 0.5) is 5.82 Å². The molecule has 7 nitrogen and oxygen atoms in total. The molecule has 0 unspecified atom stereocenters. The quantitative estimate of drug-likeness (QED) is 0.723. The number of nitrogens with zero attached hydrogens (tertiary/aromatic N) is 2. The second-order valence-electron chi connectivity index (χ2n) is 4.80. The van der Waals surface area contributed by atoms with Crippen molar-refractivity contribution in [3.8, 4) is 0 Å². The van der Waals surface area contributed by atoms with Crippen LogP contribution in [0.25, 0.3) is 0 Å². The van der Waals surface area contributed by atoms with Gasteiger partial charge < -0.3 is 15.7 Å². The lowest BCUT2D eigenvalue weighted by Crippen LogP contribution is -2.39. The van der Waals surface area contributed by atoms with Crippen molar-refractivity contribution in [2.24, 2.45) is 5.41 Å². The summed E-state index contributed by atoms with van der Waals surface area (Å²) in [6.45, 7) is 5.45. The molecular formula is C12H18N4O3. The third kappa shape index (κ3) is 3.64. The molecule has 0 radical (unpaired) electrons. The maximum Gasteiger partial charge on any atom is 0.341 e. The molecule has 104 valence electrons. The molecule has 0 aliphatic carbocycles. The summed E-state index contributed by atoms with van der Waals surface area (Å²) >= 11 is 0. The Morgan fingerprint density at radius 2 is 2.05 bits per heavy atom. The van der Waals surface area contributed by atoms with E-state index in [-0.39, 0.29) is 23.8 Å². The van der Waals surface area contributed by atoms with Gasteiger partial charge in [-0.1, -0.05) is 0 Å². The van der Waals surface area contributed by atoms with Crippen LogP contribution < -0.4 is 10.6 Å². The fourth-order valence-corrected chi connectivity index (χ4v) is 1.48. The van der Waals surface area contributed by atoms with Crippen molar-refractivity contribution < 1.29 is 14.7 Å². The van der Waals surface area contributed by atoms with Gasteiger partial charge >= 0.3 is 5.97 Å². The maximum absolute atomic E-state index is 11.6. The second-order valence-corrected chi connectivity index (χ2v) is 4.80. The molecule has 0 saturated carbocycles. The topological polar surface area (TPSA) is 104 Å². The van der Waals surface area contributed by atoms with E-state index >= 15 is 0 Å². The second kappa shape index (κ2) is 5.64. The Morgan fingerprint density at radius 1 is 1.42 bits per heavy atom. The average molecular weight is 266 g/mol. The van der Waals surface area contributed by atoms with Crippen LogP contribution in [0.2, 0.25) is 0 Å². The number of carboxylic acids is 1. The standard InChI is InChI=1S/C12H18N4O3/c1-7-14-5-8(10(17)18)9(16-7)15-6-12(2,3)11(19)13-4/h5H,6H2,1-4H3,(H,13,19)(H,17,18)(H,14,15,16). The zero-order chi connectivity index (χ0) is 14.6. The summed E-state index contributed by atoms with van der Waals surface area (Å²) < 4.78 is 0. The van der Waals surface area contributed by atoms with E-state index in [0.29, 0.717) is 5.82 Å². The number of nitrogens with one attached hydrogen (secondary N) is 2. The first-order valence-corrected chi connectivity index (χ1v) is 5.81. The number of carboxylic acid groups (broad SMARTS) is 1. The van der Waals surface area contributed by atoms with Gasteiger partial charge in [0.15, 0.2) is 0 Å². The number of hydrogen-bond donors (Lipinski definition) is 3. The van der Waals surface area contributed by atoms with Crippen LogP contribution in [-0.2, 0) is 4.79 Å². The first kappa shape index (κ1) is 14.9. The van der Waals surface area contributed by atoms with E-state index in [4.69, 9.17) is 5.11 Å². The number of aryl methyl sites for hydroxylation is 1. The monoisotopic (exact) mass is 266 g/mol. The maximum atomic E-state index is 11.6. The van der Waals surface area contributed by atoms with Crippen molar-refractivity contribution in [2.45, 2.75) is 20.8 Å². The van der Waals surface area contributed by atoms with Crippen molar-refractivity contribution in [3.63, 3.8) is 0 Å². The van der Waals surface area contributed by atoms with Crippen molar-refractivity contribution in [1.82, 2.24) is 15.3 Å². The minimum absolute atomic E-state index is 0.0155. The van der Waals surface area contributed by atoms with E-state index in [0.717, 1.165) is 0 Å². The number of aromatic carboxylic acids is 1. The molecule has 1 amide bonds. The minimum Gasteiger partial charge on any atom is -0.477 e. The molecule has 1 aromatic rings. The molecule has 0 aliphatic heterocycles. The third-order valence-electron chi connectivity index (χ3n) is 2.68. The van der Waals surface area contributed by atoms with Crippen molar-refractivity contribution in [2.75, 3.05) is 18.9 Å². The Kier molecular flexibility index (Phi) is 4.42. The minimum atomic E-state index is -1.11. The molecule has 0 atom stereocenters. The van der Waals surface area contributed by atoms with Gasteiger partial charge in [-0.05, 0) is 20.8 Å². The molecule has 1 rings (SSSR count). The highest BCUT2D eigenvalue weighted by Gasteiger charge is 2.27. The largest absolute Gasteiger partial charge is 0.477 e. The van der Waals surface area contributed by atoms with Crippen molar-refractivity contribution in [3.05, 3.63) is 17.6 Å². The summed E-state index contributed by atoms with van der Waals surface area (Å²) in [4.78, 5) is 30.6. The van der Waals surface area contributed by atoms with Gasteiger partial charge in [0, 0.05) is 19.8 Å². The Bertz CT molecular complexity index is 500. The van der Waals surface area contributed by atoms with Crippen LogP contribution >= 0.6 is 0 Å². The van der Waals surface area contributed by atoms with E-state index in [1.807, 2.05) is 0 Å². The first-order chi connectivity index (χ1) is 8.77. The van der Waals surface area contributed by atoms with Gasteiger partial charge in [0.05, 0.1) is 5.41 Å². The Hall–Kier alpha value is -2.18. The highest BCUT2D eigenvalue weighted by Crippen LogP contribution is 2.18. The van der Waals surface area contributed by atoms with E-state index < -0.39 is 11.4 Å². The van der Waals surface area contributed by atoms with Gasteiger partial charge in [-0.2, -0.15) is 0 Å². The number of carbonyl (C=O) groups is 2. The van der Waals surface area contributed by atoms with E-state index in [1.165, 1.54) is 6.20 Å². The average Bonchev–Trinajstić information content (AvgIpc) is 2.35. The number of rotatable bonds is 5. The van der Waals surface area contributed by atoms with Gasteiger partial charge in [-0.15, -0.1) is 0 Å². The number of amides is 1. The highest BCUT2D eigenvalue weighted by molar-refractivity contribution is 5.92. The SMILES string of the molecule is CNC(=O)C(C)(C)CNc1nc(C)ncc1C(=O)O. The molecule has 0 spiro atoms. The third-order valence-corrected chi connectivity index (χ3v) is 2.68. The summed E-state index contributed by atoms with van der Waals surface area (Å²) in [7, 11) is 1.56. The van der Waals surface area contributed by atoms with Crippen LogP contribution in [0, 0.1) is 12.3 Å². The number of carbonyl (C=O) groups excluding carboxylic acids is 1. The van der Waals surface area contributed by atoms with Crippen LogP contribution in [0.1, 0.15) is 30.0 Å². The fraction of sp³-hybridized carbons (Fsp3) is 0.500. The Morgan fingerprint density at radius 3 is 2.58 bits per heavy atom. The summed E-state index contributed by atoms with van der Waals surface area (Å²) in [5.74, 6) is -0.565. The van der Waals surface area contributed by atoms with E-state index in [9.17, 15) is 9.59 Å². The lowest BCUT2D eigenvalue weighted by atomic mass is 9.92. The smallest absolute Gasteiger partial charge is 0.341 e. The number of anilines is 1. The Balaban J connectivity index is 2.91. The van der Waals surface area contributed by atoms with Crippen LogP contribution in [0.5, 0.6) is 0 Å². The summed E-state index contributed by atoms with van der Waals surface area (Å²) in [6, 6.07) is 0. The zero-order valence-electron chi connectivity index (χ0n) is 11.4. The molecule has 7 heteroatoms. The van der Waals surface area contributed by atoms with Crippen LogP contribution in [-0.4, -0.2) is 40.5 Å². The molecule has 0 bridgehead atoms. The van der Waals surface area contributed by atoms with E-state index in [1.54, 1.807) is 27.8 Å². The van der Waals surface area contributed by atoms with E-state index in [2.05, 4.69) is 20.6 Å². The fourth-order valence-electron chi connectivity index (χ4n) is 1.48. The van der Waals surface area contributed by atoms with Crippen LogP contribution in [0.3, 0.4) is 0 Å². The molecule has 1 heterocycles. The number of hydrogen-bond acceptors (Lipinski definition) is 5. The summed E-state index contributed by atoms with van der Waals surface area (Å²) in [5.41, 5.74) is -0.693. The molecule has 0 fully saturated rings. The van der Waals surface area contributed by atoms with Gasteiger partial charge in [-0.3, -0.25) is 4.79 Å². The van der Waals surface area contributed by atoms with Gasteiger partial charge in [0.1, 0.15) is 17.2 Å². The summed E-state index contributed by atoms with van der Waals surface area (Å²) in [6.07, 6.45) is 1.25. The first-order valence-electron chi connectivity index (χ1n) is 5.81. The van der Waals surface area contributed by atoms with Crippen LogP contribution in [0.15, 0.2) is 6.20 Å². The van der Waals surface area contributed by atoms with Gasteiger partial charge in [-0.25, -0.2) is 14.8 Å². The highest BCUT2D eigenvalue weighted by atomic mass is 16.4. The number of aromatic nitrogens is 2. The Labute approximate surface area is 111 Å². The lowest BCUT2D eigenvalue weighted by Gasteiger charge is -2.23. The molecule has 19 heavy (non-hydrogen) atoms. The molecule has 3 N–H and O–H groups in total. The predicted molar refractivity (Wildman–Crippen MR) is 70.1 cm³/mol. The molecular weight excluding hydrogens is 248 g/mol. The molecule has 0 saturated heterocycles. The van der Waals surface area contributed by atoms with Gasteiger partial charge in [0.2, 0.25) is 5.91 Å². The lowest BCUT2D eigenvalue weighted by molar-refractivity contribution is -0.128. The normalized spacial score (nSPS) is 10.9.